The number of hydrogen-bond donors (Lipinski definition) is 1. The SMILES string of the molecule is C/C=C/C(C)/C(C(=O)OC)=C(/C)O. The lowest BCUT2D eigenvalue weighted by molar-refractivity contribution is -0.136. The molecule has 0 amide bonds. The fourth-order valence-electron chi connectivity index (χ4n) is 1.16. The lowest BCUT2D eigenvalue weighted by Gasteiger charge is -2.10. The Kier molecular flexibility index (Phi) is 4.89. The smallest absolute Gasteiger partial charge is 0.337 e. The molecule has 1 atom stereocenters. The van der Waals surface area contributed by atoms with E-state index in [-0.39, 0.29) is 11.7 Å². The van der Waals surface area contributed by atoms with Gasteiger partial charge in [0.05, 0.1) is 12.7 Å². The van der Waals surface area contributed by atoms with Crippen LogP contribution in [0.2, 0.25) is 0 Å². The summed E-state index contributed by atoms with van der Waals surface area (Å²) in [4.78, 5) is 11.2. The Balaban J connectivity index is 4.84. The van der Waals surface area contributed by atoms with Gasteiger partial charge in [-0.2, -0.15) is 0 Å². The molecule has 0 heterocycles. The van der Waals surface area contributed by atoms with Gasteiger partial charge in [0, 0.05) is 5.92 Å². The van der Waals surface area contributed by atoms with Crippen LogP contribution >= 0.6 is 0 Å². The second-order valence-electron chi connectivity index (χ2n) is 2.81. The highest BCUT2D eigenvalue weighted by Gasteiger charge is 2.18. The van der Waals surface area contributed by atoms with E-state index < -0.39 is 5.97 Å². The molecule has 0 aliphatic rings. The summed E-state index contributed by atoms with van der Waals surface area (Å²) in [5.41, 5.74) is 0.306. The molecule has 0 aliphatic heterocycles. The highest BCUT2D eigenvalue weighted by molar-refractivity contribution is 5.89. The van der Waals surface area contributed by atoms with E-state index in [1.165, 1.54) is 14.0 Å². The predicted octanol–water partition coefficient (Wildman–Crippen LogP) is 2.20. The summed E-state index contributed by atoms with van der Waals surface area (Å²) in [6.07, 6.45) is 3.66. The van der Waals surface area contributed by atoms with Gasteiger partial charge in [-0.25, -0.2) is 4.79 Å². The summed E-state index contributed by atoms with van der Waals surface area (Å²) in [5.74, 6) is -0.592. The Labute approximate surface area is 78.7 Å². The molecule has 74 valence electrons. The number of ether oxygens (including phenoxy) is 1. The molecular weight excluding hydrogens is 168 g/mol. The molecule has 0 aromatic heterocycles. The Bertz CT molecular complexity index is 235. The lowest BCUT2D eigenvalue weighted by atomic mass is 10.00. The third-order valence-electron chi connectivity index (χ3n) is 1.73. The summed E-state index contributed by atoms with van der Waals surface area (Å²) in [6.45, 7) is 5.16. The van der Waals surface area contributed by atoms with E-state index >= 15 is 0 Å². The van der Waals surface area contributed by atoms with Crippen molar-refractivity contribution in [2.75, 3.05) is 7.11 Å². The quantitative estimate of drug-likeness (QED) is 0.316. The number of aliphatic hydroxyl groups excluding tert-OH is 1. The summed E-state index contributed by atoms with van der Waals surface area (Å²) >= 11 is 0. The predicted molar refractivity (Wildman–Crippen MR) is 51.3 cm³/mol. The molecular formula is C10H16O3. The van der Waals surface area contributed by atoms with Crippen LogP contribution in [0.4, 0.5) is 0 Å². The number of carbonyl (C=O) groups excluding carboxylic acids is 1. The van der Waals surface area contributed by atoms with Gasteiger partial charge < -0.3 is 9.84 Å². The van der Waals surface area contributed by atoms with Crippen LogP contribution in [0.1, 0.15) is 20.8 Å². The van der Waals surface area contributed by atoms with Crippen molar-refractivity contribution in [2.45, 2.75) is 20.8 Å². The zero-order chi connectivity index (χ0) is 10.4. The third-order valence-corrected chi connectivity index (χ3v) is 1.73. The number of carbonyl (C=O) groups is 1. The molecule has 0 rings (SSSR count). The van der Waals surface area contributed by atoms with Crippen LogP contribution in [-0.4, -0.2) is 18.2 Å². The van der Waals surface area contributed by atoms with Gasteiger partial charge in [0.1, 0.15) is 5.76 Å². The summed E-state index contributed by atoms with van der Waals surface area (Å²) in [6, 6.07) is 0. The molecule has 1 unspecified atom stereocenters. The van der Waals surface area contributed by atoms with Crippen LogP contribution in [-0.2, 0) is 9.53 Å². The number of allylic oxidation sites excluding steroid dienone is 3. The summed E-state index contributed by atoms with van der Waals surface area (Å²) < 4.78 is 4.55. The van der Waals surface area contributed by atoms with Crippen LogP contribution in [0.25, 0.3) is 0 Å². The number of aliphatic hydroxyl groups is 1. The number of esters is 1. The van der Waals surface area contributed by atoms with Crippen molar-refractivity contribution < 1.29 is 14.6 Å². The third kappa shape index (κ3) is 3.32. The highest BCUT2D eigenvalue weighted by atomic mass is 16.5. The average Bonchev–Trinajstić information content (AvgIpc) is 2.04. The van der Waals surface area contributed by atoms with Crippen LogP contribution in [0, 0.1) is 5.92 Å². The molecule has 0 bridgehead atoms. The molecule has 0 spiro atoms. The normalized spacial score (nSPS) is 15.4. The highest BCUT2D eigenvalue weighted by Crippen LogP contribution is 2.16. The zero-order valence-corrected chi connectivity index (χ0v) is 8.50. The van der Waals surface area contributed by atoms with Crippen LogP contribution in [0.15, 0.2) is 23.5 Å². The molecule has 3 nitrogen and oxygen atoms in total. The van der Waals surface area contributed by atoms with Crippen LogP contribution < -0.4 is 0 Å². The van der Waals surface area contributed by atoms with Crippen LogP contribution in [0.5, 0.6) is 0 Å². The molecule has 13 heavy (non-hydrogen) atoms. The maximum Gasteiger partial charge on any atom is 0.337 e. The molecule has 0 aliphatic carbocycles. The van der Waals surface area contributed by atoms with E-state index in [0.29, 0.717) is 5.57 Å². The first-order valence-corrected chi connectivity index (χ1v) is 4.15. The van der Waals surface area contributed by atoms with Gasteiger partial charge in [-0.3, -0.25) is 0 Å². The Morgan fingerprint density at radius 3 is 2.38 bits per heavy atom. The van der Waals surface area contributed by atoms with E-state index in [0.717, 1.165) is 0 Å². The van der Waals surface area contributed by atoms with E-state index in [1.54, 1.807) is 0 Å². The molecule has 0 radical (unpaired) electrons. The van der Waals surface area contributed by atoms with E-state index in [9.17, 15) is 9.90 Å². The van der Waals surface area contributed by atoms with Crippen molar-refractivity contribution in [3.8, 4) is 0 Å². The summed E-state index contributed by atoms with van der Waals surface area (Å²) in [7, 11) is 1.30. The molecule has 1 N–H and O–H groups in total. The minimum Gasteiger partial charge on any atom is -0.512 e. The zero-order valence-electron chi connectivity index (χ0n) is 8.50. The molecule has 0 saturated carbocycles. The van der Waals surface area contributed by atoms with Gasteiger partial charge in [-0.15, -0.1) is 0 Å². The van der Waals surface area contributed by atoms with Gasteiger partial charge in [0.25, 0.3) is 0 Å². The van der Waals surface area contributed by atoms with E-state index in [4.69, 9.17) is 0 Å². The van der Waals surface area contributed by atoms with E-state index in [2.05, 4.69) is 4.74 Å². The van der Waals surface area contributed by atoms with Crippen molar-refractivity contribution in [2.24, 2.45) is 5.92 Å². The van der Waals surface area contributed by atoms with Crippen molar-refractivity contribution in [1.82, 2.24) is 0 Å². The first-order chi connectivity index (χ1) is 6.04. The van der Waals surface area contributed by atoms with Crippen molar-refractivity contribution >= 4 is 5.97 Å². The molecule has 0 aromatic rings. The average molecular weight is 184 g/mol. The molecule has 0 saturated heterocycles. The standard InChI is InChI=1S/C10H16O3/c1-5-6-7(2)9(8(3)11)10(12)13-4/h5-7,11H,1-4H3/b6-5+,9-8+. The fraction of sp³-hybridized carbons (Fsp3) is 0.500. The van der Waals surface area contributed by atoms with Gasteiger partial charge >= 0.3 is 5.97 Å². The summed E-state index contributed by atoms with van der Waals surface area (Å²) in [5, 5.41) is 9.26. The Hall–Kier alpha value is -1.25. The monoisotopic (exact) mass is 184 g/mol. The lowest BCUT2D eigenvalue weighted by Crippen LogP contribution is -2.13. The van der Waals surface area contributed by atoms with Gasteiger partial charge in [-0.1, -0.05) is 19.1 Å². The first kappa shape index (κ1) is 11.8. The fourth-order valence-corrected chi connectivity index (χ4v) is 1.16. The second-order valence-corrected chi connectivity index (χ2v) is 2.81. The van der Waals surface area contributed by atoms with E-state index in [1.807, 2.05) is 26.0 Å². The number of hydrogen-bond acceptors (Lipinski definition) is 3. The minimum absolute atomic E-state index is 0.0115. The molecule has 3 heteroatoms. The van der Waals surface area contributed by atoms with Gasteiger partial charge in [-0.05, 0) is 13.8 Å². The molecule has 0 aromatic carbocycles. The first-order valence-electron chi connectivity index (χ1n) is 4.15. The maximum atomic E-state index is 11.2. The number of rotatable bonds is 3. The second kappa shape index (κ2) is 5.41. The van der Waals surface area contributed by atoms with Crippen molar-refractivity contribution in [3.05, 3.63) is 23.5 Å². The van der Waals surface area contributed by atoms with Gasteiger partial charge in [0.15, 0.2) is 0 Å². The minimum atomic E-state index is -0.481. The Morgan fingerprint density at radius 1 is 1.54 bits per heavy atom. The van der Waals surface area contributed by atoms with Crippen LogP contribution in [0.3, 0.4) is 0 Å². The maximum absolute atomic E-state index is 11.2. The molecule has 0 fully saturated rings. The largest absolute Gasteiger partial charge is 0.512 e. The van der Waals surface area contributed by atoms with Crippen molar-refractivity contribution in [3.63, 3.8) is 0 Å². The van der Waals surface area contributed by atoms with Crippen molar-refractivity contribution in [1.29, 1.82) is 0 Å². The topological polar surface area (TPSA) is 46.5 Å². The Morgan fingerprint density at radius 2 is 2.08 bits per heavy atom. The van der Waals surface area contributed by atoms with Gasteiger partial charge in [0.2, 0.25) is 0 Å². The number of methoxy groups -OCH3 is 1.